The number of aromatic hydroxyl groups is 1. The van der Waals surface area contributed by atoms with Crippen molar-refractivity contribution in [1.82, 2.24) is 0 Å². The summed E-state index contributed by atoms with van der Waals surface area (Å²) in [7, 11) is 0. The Kier molecular flexibility index (Phi) is 3.74. The van der Waals surface area contributed by atoms with Gasteiger partial charge in [-0.05, 0) is 29.6 Å². The Hall–Kier alpha value is -1.72. The summed E-state index contributed by atoms with van der Waals surface area (Å²) in [4.78, 5) is 16.1. The van der Waals surface area contributed by atoms with Crippen LogP contribution in [0.15, 0.2) is 27.8 Å². The number of phenols is 1. The molecule has 1 unspecified atom stereocenters. The van der Waals surface area contributed by atoms with Crippen molar-refractivity contribution < 1.29 is 9.90 Å². The number of hydrogen-bond acceptors (Lipinski definition) is 3. The first-order valence-electron chi connectivity index (χ1n) is 5.41. The molecule has 1 aliphatic heterocycles. The average molecular weight is 311 g/mol. The Morgan fingerprint density at radius 2 is 2.39 bits per heavy atom. The fourth-order valence-corrected chi connectivity index (χ4v) is 2.36. The summed E-state index contributed by atoms with van der Waals surface area (Å²) >= 11 is 3.25. The number of anilines is 1. The number of nitrogens with zero attached hydrogens (tertiary/aromatic N) is 4. The second-order valence-corrected chi connectivity index (χ2v) is 5.04. The Labute approximate surface area is 112 Å². The first kappa shape index (κ1) is 12.7. The Morgan fingerprint density at radius 3 is 3.06 bits per heavy atom. The van der Waals surface area contributed by atoms with Crippen molar-refractivity contribution >= 4 is 27.5 Å². The van der Waals surface area contributed by atoms with Crippen LogP contribution in [0.3, 0.4) is 0 Å². The quantitative estimate of drug-likeness (QED) is 0.528. The normalized spacial score (nSPS) is 18.8. The molecule has 1 aromatic carbocycles. The van der Waals surface area contributed by atoms with Gasteiger partial charge in [-0.25, -0.2) is 0 Å². The van der Waals surface area contributed by atoms with Gasteiger partial charge in [-0.15, -0.1) is 0 Å². The van der Waals surface area contributed by atoms with Crippen LogP contribution < -0.4 is 4.90 Å². The zero-order chi connectivity index (χ0) is 13.1. The van der Waals surface area contributed by atoms with Crippen LogP contribution in [0.1, 0.15) is 6.42 Å². The highest BCUT2D eigenvalue weighted by atomic mass is 79.9. The molecule has 1 aliphatic rings. The van der Waals surface area contributed by atoms with E-state index in [2.05, 4.69) is 26.0 Å². The minimum absolute atomic E-state index is 0.0106. The van der Waals surface area contributed by atoms with Crippen molar-refractivity contribution in [2.75, 3.05) is 18.0 Å². The maximum atomic E-state index is 11.9. The van der Waals surface area contributed by atoms with Crippen molar-refractivity contribution in [2.24, 2.45) is 11.0 Å². The molecule has 0 radical (unpaired) electrons. The van der Waals surface area contributed by atoms with E-state index in [1.165, 1.54) is 4.90 Å². The second-order valence-electron chi connectivity index (χ2n) is 4.12. The largest absolute Gasteiger partial charge is 0.506 e. The number of rotatable bonds is 3. The zero-order valence-corrected chi connectivity index (χ0v) is 11.0. The molecule has 0 saturated carbocycles. The van der Waals surface area contributed by atoms with Crippen LogP contribution in [-0.2, 0) is 4.79 Å². The van der Waals surface area contributed by atoms with Crippen LogP contribution in [0.4, 0.5) is 5.69 Å². The molecular weight excluding hydrogens is 300 g/mol. The Morgan fingerprint density at radius 1 is 1.61 bits per heavy atom. The van der Waals surface area contributed by atoms with E-state index >= 15 is 0 Å². The lowest BCUT2D eigenvalue weighted by Crippen LogP contribution is -2.24. The SMILES string of the molecule is [N-]=[N+]=NCC1CC(=O)N(c2ccc(Br)cc2O)C1. The molecule has 1 saturated heterocycles. The third kappa shape index (κ3) is 2.57. The van der Waals surface area contributed by atoms with Crippen molar-refractivity contribution in [1.29, 1.82) is 0 Å². The molecule has 0 spiro atoms. The number of benzene rings is 1. The summed E-state index contributed by atoms with van der Waals surface area (Å²) in [5.74, 6) is 0.00404. The smallest absolute Gasteiger partial charge is 0.227 e. The monoisotopic (exact) mass is 310 g/mol. The number of azide groups is 1. The van der Waals surface area contributed by atoms with Crippen molar-refractivity contribution in [3.8, 4) is 5.75 Å². The maximum absolute atomic E-state index is 11.9. The predicted molar refractivity (Wildman–Crippen MR) is 70.3 cm³/mol. The fourth-order valence-electron chi connectivity index (χ4n) is 2.01. The molecular formula is C11H11BrN4O2. The summed E-state index contributed by atoms with van der Waals surface area (Å²) in [6, 6.07) is 5.00. The molecule has 0 aliphatic carbocycles. The van der Waals surface area contributed by atoms with Crippen LogP contribution >= 0.6 is 15.9 Å². The molecule has 1 fully saturated rings. The van der Waals surface area contributed by atoms with E-state index in [4.69, 9.17) is 5.53 Å². The number of phenolic OH excluding ortho intramolecular Hbond substituents is 1. The van der Waals surface area contributed by atoms with Gasteiger partial charge in [-0.3, -0.25) is 4.79 Å². The van der Waals surface area contributed by atoms with E-state index in [-0.39, 0.29) is 17.6 Å². The molecule has 94 valence electrons. The van der Waals surface area contributed by atoms with Crippen LogP contribution in [0.5, 0.6) is 5.75 Å². The van der Waals surface area contributed by atoms with E-state index < -0.39 is 0 Å². The number of halogens is 1. The highest BCUT2D eigenvalue weighted by Gasteiger charge is 2.31. The molecule has 1 atom stereocenters. The number of carbonyl (C=O) groups excluding carboxylic acids is 1. The van der Waals surface area contributed by atoms with Gasteiger partial charge in [0.1, 0.15) is 5.75 Å². The summed E-state index contributed by atoms with van der Waals surface area (Å²) in [5.41, 5.74) is 8.76. The molecule has 6 nitrogen and oxygen atoms in total. The van der Waals surface area contributed by atoms with E-state index in [1.54, 1.807) is 18.2 Å². The molecule has 7 heteroatoms. The molecule has 1 aromatic rings. The fraction of sp³-hybridized carbons (Fsp3) is 0.364. The number of amides is 1. The minimum Gasteiger partial charge on any atom is -0.506 e. The lowest BCUT2D eigenvalue weighted by molar-refractivity contribution is -0.117. The van der Waals surface area contributed by atoms with Gasteiger partial charge >= 0.3 is 0 Å². The summed E-state index contributed by atoms with van der Waals surface area (Å²) < 4.78 is 0.751. The summed E-state index contributed by atoms with van der Waals surface area (Å²) in [6.07, 6.45) is 0.342. The molecule has 0 bridgehead atoms. The maximum Gasteiger partial charge on any atom is 0.227 e. The number of carbonyl (C=O) groups is 1. The van der Waals surface area contributed by atoms with Gasteiger partial charge in [0.05, 0.1) is 5.69 Å². The van der Waals surface area contributed by atoms with Crippen LogP contribution in [0, 0.1) is 5.92 Å². The van der Waals surface area contributed by atoms with Gasteiger partial charge in [0.2, 0.25) is 5.91 Å². The van der Waals surface area contributed by atoms with Gasteiger partial charge in [0.25, 0.3) is 0 Å². The molecule has 18 heavy (non-hydrogen) atoms. The molecule has 1 amide bonds. The van der Waals surface area contributed by atoms with Gasteiger partial charge in [0.15, 0.2) is 0 Å². The summed E-state index contributed by atoms with van der Waals surface area (Å²) in [6.45, 7) is 0.767. The summed E-state index contributed by atoms with van der Waals surface area (Å²) in [5, 5.41) is 13.3. The minimum atomic E-state index is -0.0641. The van der Waals surface area contributed by atoms with Gasteiger partial charge < -0.3 is 10.0 Å². The lowest BCUT2D eigenvalue weighted by atomic mass is 10.1. The standard InChI is InChI=1S/C11H11BrN4O2/c12-8-1-2-9(10(17)4-8)16-6-7(3-11(16)18)5-14-15-13/h1-2,4,7,17H,3,5-6H2. The topological polar surface area (TPSA) is 89.3 Å². The highest BCUT2D eigenvalue weighted by molar-refractivity contribution is 9.10. The van der Waals surface area contributed by atoms with Gasteiger partial charge in [0, 0.05) is 28.9 Å². The van der Waals surface area contributed by atoms with Crippen molar-refractivity contribution in [3.63, 3.8) is 0 Å². The Bertz CT molecular complexity index is 528. The average Bonchev–Trinajstić information content (AvgIpc) is 2.68. The van der Waals surface area contributed by atoms with Gasteiger partial charge in [-0.2, -0.15) is 0 Å². The molecule has 2 rings (SSSR count). The highest BCUT2D eigenvalue weighted by Crippen LogP contribution is 2.34. The van der Waals surface area contributed by atoms with Crippen LogP contribution in [-0.4, -0.2) is 24.1 Å². The first-order valence-corrected chi connectivity index (χ1v) is 6.21. The molecule has 1 heterocycles. The number of hydrogen-bond donors (Lipinski definition) is 1. The van der Waals surface area contributed by atoms with Crippen LogP contribution in [0.2, 0.25) is 0 Å². The van der Waals surface area contributed by atoms with Crippen molar-refractivity contribution in [3.05, 3.63) is 33.1 Å². The Balaban J connectivity index is 2.18. The van der Waals surface area contributed by atoms with E-state index in [0.29, 0.717) is 25.2 Å². The van der Waals surface area contributed by atoms with Gasteiger partial charge in [-0.1, -0.05) is 21.0 Å². The third-order valence-corrected chi connectivity index (χ3v) is 3.33. The van der Waals surface area contributed by atoms with Crippen molar-refractivity contribution in [2.45, 2.75) is 6.42 Å². The van der Waals surface area contributed by atoms with E-state index in [0.717, 1.165) is 4.47 Å². The third-order valence-electron chi connectivity index (χ3n) is 2.84. The van der Waals surface area contributed by atoms with Crippen LogP contribution in [0.25, 0.3) is 10.4 Å². The first-order chi connectivity index (χ1) is 8.61. The second kappa shape index (κ2) is 5.29. The molecule has 0 aromatic heterocycles. The predicted octanol–water partition coefficient (Wildman–Crippen LogP) is 2.82. The van der Waals surface area contributed by atoms with E-state index in [9.17, 15) is 9.90 Å². The van der Waals surface area contributed by atoms with E-state index in [1.807, 2.05) is 0 Å². The zero-order valence-electron chi connectivity index (χ0n) is 9.45. The molecule has 1 N–H and O–H groups in total. The lowest BCUT2D eigenvalue weighted by Gasteiger charge is -2.17.